The summed E-state index contributed by atoms with van der Waals surface area (Å²) in [5.41, 5.74) is 2.71. The van der Waals surface area contributed by atoms with E-state index in [1.807, 2.05) is 41.1 Å². The van der Waals surface area contributed by atoms with Crippen LogP contribution in [0.4, 0.5) is 0 Å². The average Bonchev–Trinajstić information content (AvgIpc) is 3.53. The van der Waals surface area contributed by atoms with E-state index in [0.29, 0.717) is 19.4 Å². The molecular weight excluding hydrogens is 410 g/mol. The number of rotatable bonds is 6. The quantitative estimate of drug-likeness (QED) is 0.650. The van der Waals surface area contributed by atoms with Gasteiger partial charge in [-0.2, -0.15) is 0 Å². The molecule has 0 aliphatic carbocycles. The Morgan fingerprint density at radius 2 is 2.14 bits per heavy atom. The molecular formula is C20H17N3O4S2. The number of carbonyl (C=O) groups is 1. The van der Waals surface area contributed by atoms with Gasteiger partial charge in [0.2, 0.25) is 12.9 Å². The Labute approximate surface area is 174 Å². The fourth-order valence-electron chi connectivity index (χ4n) is 3.15. The van der Waals surface area contributed by atoms with Crippen molar-refractivity contribution in [3.05, 3.63) is 52.3 Å². The maximum Gasteiger partial charge on any atom is 0.264 e. The summed E-state index contributed by atoms with van der Waals surface area (Å²) in [4.78, 5) is 23.5. The number of ether oxygens (including phenoxy) is 2. The zero-order valence-electron chi connectivity index (χ0n) is 15.3. The Balaban J connectivity index is 1.12. The molecule has 9 heteroatoms. The number of carbonyl (C=O) groups excluding carboxylic acids is 1. The number of nitrogens with zero attached hydrogens (tertiary/aromatic N) is 2. The smallest absolute Gasteiger partial charge is 0.264 e. The maximum absolute atomic E-state index is 12.4. The van der Waals surface area contributed by atoms with E-state index in [4.69, 9.17) is 14.3 Å². The molecule has 0 fully saturated rings. The molecule has 0 bridgehead atoms. The van der Waals surface area contributed by atoms with Gasteiger partial charge in [-0.1, -0.05) is 17.3 Å². The minimum atomic E-state index is -0.602. The van der Waals surface area contributed by atoms with Crippen LogP contribution in [0.5, 0.6) is 11.5 Å². The first-order valence-electron chi connectivity index (χ1n) is 9.11. The van der Waals surface area contributed by atoms with E-state index in [9.17, 15) is 4.79 Å². The predicted octanol–water partition coefficient (Wildman–Crippen LogP) is 3.60. The molecule has 0 saturated carbocycles. The van der Waals surface area contributed by atoms with Crippen LogP contribution in [-0.2, 0) is 22.6 Å². The molecule has 2 aliphatic heterocycles. The molecule has 1 amide bonds. The number of aromatic nitrogens is 1. The van der Waals surface area contributed by atoms with Crippen LogP contribution < -0.4 is 14.8 Å². The van der Waals surface area contributed by atoms with E-state index >= 15 is 0 Å². The number of thiophene rings is 1. The average molecular weight is 428 g/mol. The minimum Gasteiger partial charge on any atom is -0.454 e. The lowest BCUT2D eigenvalue weighted by atomic mass is 10.0. The van der Waals surface area contributed by atoms with Crippen LogP contribution in [-0.4, -0.2) is 29.5 Å². The second kappa shape index (κ2) is 7.84. The van der Waals surface area contributed by atoms with Gasteiger partial charge in [-0.05, 0) is 29.1 Å². The van der Waals surface area contributed by atoms with E-state index < -0.39 is 6.10 Å². The highest BCUT2D eigenvalue weighted by atomic mass is 32.1. The number of amides is 1. The van der Waals surface area contributed by atoms with Gasteiger partial charge < -0.3 is 19.6 Å². The Bertz CT molecular complexity index is 1060. The van der Waals surface area contributed by atoms with Gasteiger partial charge in [0.15, 0.2) is 11.5 Å². The van der Waals surface area contributed by atoms with Crippen LogP contribution in [0.15, 0.2) is 46.2 Å². The van der Waals surface area contributed by atoms with Crippen molar-refractivity contribution in [2.75, 3.05) is 6.79 Å². The van der Waals surface area contributed by atoms with Crippen LogP contribution in [0.25, 0.3) is 9.88 Å². The van der Waals surface area contributed by atoms with Crippen molar-refractivity contribution in [3.8, 4) is 21.4 Å². The Morgan fingerprint density at radius 3 is 3.03 bits per heavy atom. The first-order valence-corrected chi connectivity index (χ1v) is 10.9. The monoisotopic (exact) mass is 427 g/mol. The van der Waals surface area contributed by atoms with Gasteiger partial charge in [-0.15, -0.1) is 22.7 Å². The van der Waals surface area contributed by atoms with Gasteiger partial charge in [0.05, 0.1) is 22.8 Å². The summed E-state index contributed by atoms with van der Waals surface area (Å²) < 4.78 is 10.7. The molecule has 1 aromatic carbocycles. The molecule has 7 nitrogen and oxygen atoms in total. The van der Waals surface area contributed by atoms with Crippen LogP contribution in [0.3, 0.4) is 0 Å². The summed E-state index contributed by atoms with van der Waals surface area (Å²) in [7, 11) is 0. The molecule has 2 aliphatic rings. The van der Waals surface area contributed by atoms with Crippen LogP contribution in [0.2, 0.25) is 0 Å². The van der Waals surface area contributed by atoms with Crippen molar-refractivity contribution >= 4 is 34.3 Å². The molecule has 3 aromatic rings. The topological polar surface area (TPSA) is 82.0 Å². The van der Waals surface area contributed by atoms with Gasteiger partial charge in [-0.3, -0.25) is 4.79 Å². The van der Waals surface area contributed by atoms with Crippen molar-refractivity contribution in [2.45, 2.75) is 25.5 Å². The molecule has 0 saturated heterocycles. The molecule has 1 N–H and O–H groups in total. The highest BCUT2D eigenvalue weighted by Gasteiger charge is 2.28. The normalized spacial score (nSPS) is 17.1. The number of oxime groups is 1. The molecule has 1 atom stereocenters. The number of hydrogen-bond donors (Lipinski definition) is 1. The molecule has 0 radical (unpaired) electrons. The van der Waals surface area contributed by atoms with Crippen LogP contribution >= 0.6 is 22.7 Å². The lowest BCUT2D eigenvalue weighted by Gasteiger charge is -2.08. The second-order valence-corrected chi connectivity index (χ2v) is 8.46. The van der Waals surface area contributed by atoms with Gasteiger partial charge >= 0.3 is 0 Å². The van der Waals surface area contributed by atoms with Crippen molar-refractivity contribution < 1.29 is 19.1 Å². The van der Waals surface area contributed by atoms with E-state index in [2.05, 4.69) is 15.5 Å². The SMILES string of the molecule is O=C(NCc1csc(-c2cccs2)n1)C1CC(Cc2ccc3c(c2)OCO3)=NO1. The Morgan fingerprint density at radius 1 is 1.21 bits per heavy atom. The highest BCUT2D eigenvalue weighted by Crippen LogP contribution is 2.33. The zero-order chi connectivity index (χ0) is 19.6. The summed E-state index contributed by atoms with van der Waals surface area (Å²) in [5, 5.41) is 11.9. The van der Waals surface area contributed by atoms with E-state index in [1.54, 1.807) is 22.7 Å². The van der Waals surface area contributed by atoms with E-state index in [1.165, 1.54) is 0 Å². The van der Waals surface area contributed by atoms with Gasteiger partial charge in [0.25, 0.3) is 5.91 Å². The number of hydrogen-bond acceptors (Lipinski definition) is 8. The number of thiazole rings is 1. The summed E-state index contributed by atoms with van der Waals surface area (Å²) in [6, 6.07) is 9.83. The maximum atomic E-state index is 12.4. The zero-order valence-corrected chi connectivity index (χ0v) is 16.9. The third-order valence-electron chi connectivity index (χ3n) is 4.60. The fourth-order valence-corrected chi connectivity index (χ4v) is 4.79. The van der Waals surface area contributed by atoms with Crippen molar-refractivity contribution in [3.63, 3.8) is 0 Å². The summed E-state index contributed by atoms with van der Waals surface area (Å²) in [6.45, 7) is 0.622. The van der Waals surface area contributed by atoms with Crippen molar-refractivity contribution in [1.82, 2.24) is 10.3 Å². The molecule has 1 unspecified atom stereocenters. The number of nitrogens with one attached hydrogen (secondary N) is 1. The van der Waals surface area contributed by atoms with Crippen LogP contribution in [0, 0.1) is 0 Å². The standard InChI is InChI=1S/C20H17N3O4S2/c24-19(21-9-14-10-29-20(22-14)18-2-1-5-28-18)17-8-13(23-27-17)6-12-3-4-15-16(7-12)26-11-25-15/h1-5,7,10,17H,6,8-9,11H2,(H,21,24). The van der Waals surface area contributed by atoms with Crippen molar-refractivity contribution in [2.24, 2.45) is 5.16 Å². The lowest BCUT2D eigenvalue weighted by Crippen LogP contribution is -2.34. The van der Waals surface area contributed by atoms with E-state index in [0.717, 1.165) is 38.4 Å². The van der Waals surface area contributed by atoms with Gasteiger partial charge in [0.1, 0.15) is 5.01 Å². The summed E-state index contributed by atoms with van der Waals surface area (Å²) in [5.74, 6) is 1.31. The Hall–Kier alpha value is -2.91. The molecule has 4 heterocycles. The first kappa shape index (κ1) is 18.1. The third-order valence-corrected chi connectivity index (χ3v) is 6.53. The van der Waals surface area contributed by atoms with Gasteiger partial charge in [-0.25, -0.2) is 4.98 Å². The predicted molar refractivity (Wildman–Crippen MR) is 110 cm³/mol. The van der Waals surface area contributed by atoms with Crippen molar-refractivity contribution in [1.29, 1.82) is 0 Å². The minimum absolute atomic E-state index is 0.180. The molecule has 2 aromatic heterocycles. The molecule has 148 valence electrons. The molecule has 29 heavy (non-hydrogen) atoms. The largest absolute Gasteiger partial charge is 0.454 e. The third kappa shape index (κ3) is 3.96. The first-order chi connectivity index (χ1) is 14.2. The van der Waals surface area contributed by atoms with Crippen LogP contribution in [0.1, 0.15) is 17.7 Å². The van der Waals surface area contributed by atoms with Gasteiger partial charge in [0, 0.05) is 18.2 Å². The molecule has 0 spiro atoms. The lowest BCUT2D eigenvalue weighted by molar-refractivity contribution is -0.131. The van der Waals surface area contributed by atoms with E-state index in [-0.39, 0.29) is 12.7 Å². The number of benzene rings is 1. The number of fused-ring (bicyclic) bond motifs is 1. The Kier molecular flexibility index (Phi) is 4.91. The summed E-state index contributed by atoms with van der Waals surface area (Å²) in [6.07, 6.45) is 0.475. The summed E-state index contributed by atoms with van der Waals surface area (Å²) >= 11 is 3.23. The fraction of sp³-hybridized carbons (Fsp3) is 0.250. The molecule has 5 rings (SSSR count). The highest BCUT2D eigenvalue weighted by molar-refractivity contribution is 7.20. The second-order valence-electron chi connectivity index (χ2n) is 6.66.